The van der Waals surface area contributed by atoms with Crippen LogP contribution in [-0.4, -0.2) is 55.6 Å². The quantitative estimate of drug-likeness (QED) is 0.721. The number of anilines is 1. The molecule has 2 aliphatic rings. The Morgan fingerprint density at radius 3 is 2.64 bits per heavy atom. The standard InChI is InChI=1S/C21H22ClN3O3/c22-17-11-18-19(12-20(23-18)28-16-5-8-27-13-16)24-21(17)14-1-3-15(4-2-14)25-6-9-26-10-7-25/h1-4,11-12,16,23H,5-10,13H2/t16-/m0/s1. The van der Waals surface area contributed by atoms with Gasteiger partial charge in [0.15, 0.2) is 5.88 Å². The lowest BCUT2D eigenvalue weighted by molar-refractivity contribution is 0.122. The van der Waals surface area contributed by atoms with E-state index in [0.717, 1.165) is 61.6 Å². The molecule has 6 nitrogen and oxygen atoms in total. The van der Waals surface area contributed by atoms with Crippen LogP contribution in [0.25, 0.3) is 22.3 Å². The number of benzene rings is 1. The number of H-pyrrole nitrogens is 1. The number of nitrogens with zero attached hydrogens (tertiary/aromatic N) is 2. The number of rotatable bonds is 4. The first-order chi connectivity index (χ1) is 13.8. The first-order valence-corrected chi connectivity index (χ1v) is 10.0. The molecule has 5 rings (SSSR count). The molecule has 0 aliphatic carbocycles. The lowest BCUT2D eigenvalue weighted by Crippen LogP contribution is -2.36. The molecule has 2 fully saturated rings. The van der Waals surface area contributed by atoms with Crippen molar-refractivity contribution >= 4 is 28.3 Å². The van der Waals surface area contributed by atoms with Crippen LogP contribution in [0.2, 0.25) is 5.02 Å². The predicted octanol–water partition coefficient (Wildman–Crippen LogP) is 3.89. The van der Waals surface area contributed by atoms with Gasteiger partial charge >= 0.3 is 0 Å². The van der Waals surface area contributed by atoms with Gasteiger partial charge in [-0.1, -0.05) is 23.7 Å². The SMILES string of the molecule is Clc1cc2[nH]c(O[C@H]3CCOC3)cc2nc1-c1ccc(N2CCOCC2)cc1. The number of hydrogen-bond donors (Lipinski definition) is 1. The van der Waals surface area contributed by atoms with Crippen LogP contribution in [0.3, 0.4) is 0 Å². The maximum absolute atomic E-state index is 6.54. The Hall–Kier alpha value is -2.28. The minimum Gasteiger partial charge on any atom is -0.473 e. The number of halogens is 1. The maximum Gasteiger partial charge on any atom is 0.193 e. The van der Waals surface area contributed by atoms with Crippen molar-refractivity contribution in [1.29, 1.82) is 0 Å². The molecule has 1 atom stereocenters. The van der Waals surface area contributed by atoms with Gasteiger partial charge in [-0.05, 0) is 18.2 Å². The van der Waals surface area contributed by atoms with Gasteiger partial charge in [-0.25, -0.2) is 4.98 Å². The molecule has 0 spiro atoms. The fourth-order valence-electron chi connectivity index (χ4n) is 3.71. The second-order valence-corrected chi connectivity index (χ2v) is 7.54. The maximum atomic E-state index is 6.54. The van der Waals surface area contributed by atoms with Crippen molar-refractivity contribution in [2.45, 2.75) is 12.5 Å². The minimum absolute atomic E-state index is 0.0933. The number of ether oxygens (including phenoxy) is 3. The van der Waals surface area contributed by atoms with Crippen molar-refractivity contribution in [2.75, 3.05) is 44.4 Å². The molecule has 0 saturated carbocycles. The summed E-state index contributed by atoms with van der Waals surface area (Å²) in [4.78, 5) is 10.4. The average Bonchev–Trinajstić information content (AvgIpc) is 3.37. The first kappa shape index (κ1) is 17.8. The van der Waals surface area contributed by atoms with Gasteiger partial charge in [0, 0.05) is 36.8 Å². The van der Waals surface area contributed by atoms with Gasteiger partial charge in [0.1, 0.15) is 6.10 Å². The van der Waals surface area contributed by atoms with Crippen LogP contribution in [0, 0.1) is 0 Å². The molecule has 0 amide bonds. The summed E-state index contributed by atoms with van der Waals surface area (Å²) in [5, 5.41) is 0.615. The molecule has 2 aromatic heterocycles. The fourth-order valence-corrected chi connectivity index (χ4v) is 3.97. The van der Waals surface area contributed by atoms with Crippen molar-refractivity contribution < 1.29 is 14.2 Å². The summed E-state index contributed by atoms with van der Waals surface area (Å²) in [7, 11) is 0. The summed E-state index contributed by atoms with van der Waals surface area (Å²) >= 11 is 6.54. The molecule has 1 aromatic carbocycles. The van der Waals surface area contributed by atoms with Gasteiger partial charge in [0.05, 0.1) is 48.2 Å². The Kier molecular flexibility index (Phi) is 4.84. The second-order valence-electron chi connectivity index (χ2n) is 7.13. The molecule has 2 aliphatic heterocycles. The third kappa shape index (κ3) is 3.55. The molecule has 4 heterocycles. The molecule has 7 heteroatoms. The highest BCUT2D eigenvalue weighted by atomic mass is 35.5. The van der Waals surface area contributed by atoms with E-state index >= 15 is 0 Å². The normalized spacial score (nSPS) is 20.0. The van der Waals surface area contributed by atoms with Gasteiger partial charge in [-0.15, -0.1) is 0 Å². The van der Waals surface area contributed by atoms with Crippen molar-refractivity contribution in [3.05, 3.63) is 41.4 Å². The zero-order chi connectivity index (χ0) is 18.9. The summed E-state index contributed by atoms with van der Waals surface area (Å²) in [6.07, 6.45) is 1.00. The second kappa shape index (κ2) is 7.62. The van der Waals surface area contributed by atoms with E-state index in [1.807, 2.05) is 12.1 Å². The lowest BCUT2D eigenvalue weighted by Gasteiger charge is -2.28. The molecular formula is C21H22ClN3O3. The number of morpholine rings is 1. The largest absolute Gasteiger partial charge is 0.473 e. The molecular weight excluding hydrogens is 378 g/mol. The van der Waals surface area contributed by atoms with E-state index in [1.165, 1.54) is 5.69 Å². The average molecular weight is 400 g/mol. The Morgan fingerprint density at radius 2 is 1.89 bits per heavy atom. The van der Waals surface area contributed by atoms with Crippen molar-refractivity contribution in [3.63, 3.8) is 0 Å². The molecule has 3 aromatic rings. The van der Waals surface area contributed by atoms with Gasteiger partial charge < -0.3 is 24.1 Å². The summed E-state index contributed by atoms with van der Waals surface area (Å²) < 4.78 is 16.7. The van der Waals surface area contributed by atoms with E-state index < -0.39 is 0 Å². The minimum atomic E-state index is 0.0933. The molecule has 0 unspecified atom stereocenters. The Balaban J connectivity index is 1.40. The van der Waals surface area contributed by atoms with Crippen LogP contribution in [0.15, 0.2) is 36.4 Å². The summed E-state index contributed by atoms with van der Waals surface area (Å²) in [6, 6.07) is 12.2. The third-order valence-corrected chi connectivity index (χ3v) is 5.52. The zero-order valence-corrected chi connectivity index (χ0v) is 16.2. The van der Waals surface area contributed by atoms with E-state index in [9.17, 15) is 0 Å². The van der Waals surface area contributed by atoms with Crippen LogP contribution in [0.5, 0.6) is 5.88 Å². The van der Waals surface area contributed by atoms with Crippen LogP contribution in [0.1, 0.15) is 6.42 Å². The lowest BCUT2D eigenvalue weighted by atomic mass is 10.1. The van der Waals surface area contributed by atoms with E-state index in [2.05, 4.69) is 34.1 Å². The molecule has 0 bridgehead atoms. The van der Waals surface area contributed by atoms with E-state index in [0.29, 0.717) is 17.5 Å². The monoisotopic (exact) mass is 399 g/mol. The Morgan fingerprint density at radius 1 is 1.07 bits per heavy atom. The smallest absolute Gasteiger partial charge is 0.193 e. The van der Waals surface area contributed by atoms with Crippen LogP contribution < -0.4 is 9.64 Å². The number of fused-ring (bicyclic) bond motifs is 1. The third-order valence-electron chi connectivity index (χ3n) is 5.23. The molecule has 0 radical (unpaired) electrons. The van der Waals surface area contributed by atoms with Crippen LogP contribution in [0.4, 0.5) is 5.69 Å². The highest BCUT2D eigenvalue weighted by Gasteiger charge is 2.19. The van der Waals surface area contributed by atoms with Gasteiger partial charge in [0.2, 0.25) is 0 Å². The summed E-state index contributed by atoms with van der Waals surface area (Å²) in [6.45, 7) is 4.77. The highest BCUT2D eigenvalue weighted by Crippen LogP contribution is 2.32. The molecule has 146 valence electrons. The first-order valence-electron chi connectivity index (χ1n) is 9.63. The summed E-state index contributed by atoms with van der Waals surface area (Å²) in [5.41, 5.74) is 4.67. The number of hydrogen-bond acceptors (Lipinski definition) is 5. The van der Waals surface area contributed by atoms with Gasteiger partial charge in [-0.3, -0.25) is 0 Å². The van der Waals surface area contributed by atoms with Gasteiger partial charge in [0.25, 0.3) is 0 Å². The van der Waals surface area contributed by atoms with E-state index in [4.69, 9.17) is 30.8 Å². The number of aromatic nitrogens is 2. The number of aromatic amines is 1. The Bertz CT molecular complexity index is 961. The van der Waals surface area contributed by atoms with Crippen LogP contribution >= 0.6 is 11.6 Å². The number of nitrogens with one attached hydrogen (secondary N) is 1. The van der Waals surface area contributed by atoms with Crippen molar-refractivity contribution in [1.82, 2.24) is 9.97 Å². The van der Waals surface area contributed by atoms with Crippen LogP contribution in [-0.2, 0) is 9.47 Å². The zero-order valence-electron chi connectivity index (χ0n) is 15.5. The Labute approximate surface area is 168 Å². The number of pyridine rings is 1. The predicted molar refractivity (Wildman–Crippen MR) is 109 cm³/mol. The molecule has 2 saturated heterocycles. The molecule has 1 N–H and O–H groups in total. The fraction of sp³-hybridized carbons (Fsp3) is 0.381. The van der Waals surface area contributed by atoms with Crippen molar-refractivity contribution in [2.24, 2.45) is 0 Å². The van der Waals surface area contributed by atoms with Gasteiger partial charge in [-0.2, -0.15) is 0 Å². The van der Waals surface area contributed by atoms with Crippen molar-refractivity contribution in [3.8, 4) is 17.1 Å². The molecule has 28 heavy (non-hydrogen) atoms. The highest BCUT2D eigenvalue weighted by molar-refractivity contribution is 6.33. The topological polar surface area (TPSA) is 59.6 Å². The van der Waals surface area contributed by atoms with E-state index in [1.54, 1.807) is 0 Å². The van der Waals surface area contributed by atoms with E-state index in [-0.39, 0.29) is 6.10 Å². The summed E-state index contributed by atoms with van der Waals surface area (Å²) in [5.74, 6) is 0.703.